The zero-order chi connectivity index (χ0) is 14.7. The minimum absolute atomic E-state index is 1.37. The Bertz CT molecular complexity index is 309. The van der Waals surface area contributed by atoms with E-state index in [-0.39, 0.29) is 0 Å². The Kier molecular flexibility index (Phi) is 9.36. The van der Waals surface area contributed by atoms with E-state index in [1.54, 1.807) is 21.2 Å². The van der Waals surface area contributed by atoms with E-state index in [2.05, 4.69) is 51.1 Å². The molecule has 0 nitrogen and oxygen atoms in total. The first-order valence-corrected chi connectivity index (χ1v) is 14.0. The third-order valence-electron chi connectivity index (χ3n) is 4.32. The van der Waals surface area contributed by atoms with Crippen molar-refractivity contribution in [2.24, 2.45) is 0 Å². The number of rotatable bonds is 11. The molecular weight excluding hydrogens is 303 g/mol. The summed E-state index contributed by atoms with van der Waals surface area (Å²) in [6, 6.07) is 11.3. The molecule has 0 amide bonds. The van der Waals surface area contributed by atoms with Crippen molar-refractivity contribution in [2.75, 3.05) is 0 Å². The van der Waals surface area contributed by atoms with Crippen molar-refractivity contribution in [3.63, 3.8) is 0 Å². The van der Waals surface area contributed by atoms with Gasteiger partial charge in [0.15, 0.2) is 0 Å². The van der Waals surface area contributed by atoms with Crippen molar-refractivity contribution in [2.45, 2.75) is 80.1 Å². The predicted molar refractivity (Wildman–Crippen MR) is 95.0 cm³/mol. The summed E-state index contributed by atoms with van der Waals surface area (Å²) in [7, 11) is 0. The van der Waals surface area contributed by atoms with Crippen LogP contribution >= 0.6 is 0 Å². The molecule has 0 atom stereocenters. The Hall–Kier alpha value is -0.222. The average Bonchev–Trinajstić information content (AvgIpc) is 2.49. The standard InChI is InChI=1S/C19H34As/c1-4-7-15-20(16-8-5-2,17-9-6-3)18-19-13-11-10-12-14-19/h10-14H,4-9,15-18H2,1-3H3/q+1. The van der Waals surface area contributed by atoms with Crippen molar-refractivity contribution in [3.05, 3.63) is 35.9 Å². The van der Waals surface area contributed by atoms with E-state index in [1.165, 1.54) is 43.7 Å². The summed E-state index contributed by atoms with van der Waals surface area (Å²) >= 11 is -1.49. The SMILES string of the molecule is CCCC[As+](CCCC)(CCCC)Cc1ccccc1. The molecule has 1 heteroatoms. The number of benzene rings is 1. The molecule has 114 valence electrons. The van der Waals surface area contributed by atoms with Gasteiger partial charge in [0.2, 0.25) is 0 Å². The van der Waals surface area contributed by atoms with E-state index in [4.69, 9.17) is 0 Å². The molecule has 0 aliphatic carbocycles. The summed E-state index contributed by atoms with van der Waals surface area (Å²) in [5.41, 5.74) is 1.61. The molecule has 0 aliphatic rings. The Morgan fingerprint density at radius 2 is 1.15 bits per heavy atom. The van der Waals surface area contributed by atoms with Gasteiger partial charge in [0.25, 0.3) is 0 Å². The molecule has 0 bridgehead atoms. The first kappa shape index (κ1) is 17.8. The van der Waals surface area contributed by atoms with Crippen molar-refractivity contribution >= 4 is 13.6 Å². The van der Waals surface area contributed by atoms with Crippen LogP contribution in [0.5, 0.6) is 0 Å². The van der Waals surface area contributed by atoms with E-state index in [0.717, 1.165) is 0 Å². The van der Waals surface area contributed by atoms with Crippen molar-refractivity contribution in [3.8, 4) is 0 Å². The van der Waals surface area contributed by atoms with Gasteiger partial charge in [0.1, 0.15) is 0 Å². The molecule has 1 rings (SSSR count). The van der Waals surface area contributed by atoms with Gasteiger partial charge >= 0.3 is 130 Å². The van der Waals surface area contributed by atoms with Crippen molar-refractivity contribution < 1.29 is 0 Å². The third-order valence-corrected chi connectivity index (χ3v) is 14.5. The Balaban J connectivity index is 2.81. The molecule has 20 heavy (non-hydrogen) atoms. The zero-order valence-electron chi connectivity index (χ0n) is 13.9. The van der Waals surface area contributed by atoms with Crippen LogP contribution in [-0.4, -0.2) is 13.6 Å². The molecule has 0 fully saturated rings. The second-order valence-corrected chi connectivity index (χ2v) is 15.3. The summed E-state index contributed by atoms with van der Waals surface area (Å²) in [5.74, 6) is 0. The van der Waals surface area contributed by atoms with Gasteiger partial charge in [0.05, 0.1) is 0 Å². The number of unbranched alkanes of at least 4 members (excludes halogenated alkanes) is 3. The normalized spacial score (nSPS) is 11.8. The molecule has 0 radical (unpaired) electrons. The summed E-state index contributed by atoms with van der Waals surface area (Å²) in [6.07, 6.45) is 8.51. The van der Waals surface area contributed by atoms with Crippen LogP contribution in [0.4, 0.5) is 0 Å². The molecule has 0 saturated heterocycles. The maximum absolute atomic E-state index is 2.36. The minimum atomic E-state index is -1.49. The fourth-order valence-corrected chi connectivity index (χ4v) is 13.7. The van der Waals surface area contributed by atoms with Crippen LogP contribution in [0.3, 0.4) is 0 Å². The van der Waals surface area contributed by atoms with E-state index >= 15 is 0 Å². The summed E-state index contributed by atoms with van der Waals surface area (Å²) in [6.45, 7) is 7.06. The van der Waals surface area contributed by atoms with E-state index in [1.807, 2.05) is 0 Å². The molecule has 1 aromatic rings. The van der Waals surface area contributed by atoms with Crippen LogP contribution in [0.2, 0.25) is 15.6 Å². The number of hydrogen-bond donors (Lipinski definition) is 0. The van der Waals surface area contributed by atoms with E-state index in [0.29, 0.717) is 0 Å². The molecular formula is C19H34As+. The molecule has 0 unspecified atom stereocenters. The number of hydrogen-bond acceptors (Lipinski definition) is 0. The fraction of sp³-hybridized carbons (Fsp3) is 0.684. The summed E-state index contributed by atoms with van der Waals surface area (Å²) < 4.78 is 0. The van der Waals surface area contributed by atoms with Gasteiger partial charge in [-0.1, -0.05) is 0 Å². The van der Waals surface area contributed by atoms with Crippen LogP contribution in [-0.2, 0) is 5.21 Å². The van der Waals surface area contributed by atoms with Gasteiger partial charge < -0.3 is 0 Å². The topological polar surface area (TPSA) is 0 Å². The van der Waals surface area contributed by atoms with Gasteiger partial charge in [-0.05, 0) is 0 Å². The average molecular weight is 337 g/mol. The second-order valence-electron chi connectivity index (χ2n) is 6.22. The maximum atomic E-state index is 2.36. The van der Waals surface area contributed by atoms with Gasteiger partial charge in [-0.15, -0.1) is 0 Å². The van der Waals surface area contributed by atoms with Gasteiger partial charge in [-0.2, -0.15) is 0 Å². The molecule has 0 aromatic heterocycles. The van der Waals surface area contributed by atoms with E-state index in [9.17, 15) is 0 Å². The molecule has 1 aromatic carbocycles. The van der Waals surface area contributed by atoms with Crippen LogP contribution in [0.1, 0.15) is 64.9 Å². The summed E-state index contributed by atoms with van der Waals surface area (Å²) in [4.78, 5) is 0. The molecule has 0 aliphatic heterocycles. The summed E-state index contributed by atoms with van der Waals surface area (Å²) in [5, 5.41) is 6.22. The predicted octanol–water partition coefficient (Wildman–Crippen LogP) is 6.62. The first-order chi connectivity index (χ1) is 9.76. The van der Waals surface area contributed by atoms with E-state index < -0.39 is 13.6 Å². The first-order valence-electron chi connectivity index (χ1n) is 8.65. The van der Waals surface area contributed by atoms with Crippen molar-refractivity contribution in [1.82, 2.24) is 0 Å². The van der Waals surface area contributed by atoms with Crippen LogP contribution < -0.4 is 0 Å². The quantitative estimate of drug-likeness (QED) is 0.398. The molecule has 0 N–H and O–H groups in total. The third kappa shape index (κ3) is 6.49. The van der Waals surface area contributed by atoms with Crippen molar-refractivity contribution in [1.29, 1.82) is 0 Å². The fourth-order valence-electron chi connectivity index (χ4n) is 3.02. The van der Waals surface area contributed by atoms with Crippen LogP contribution in [0.25, 0.3) is 0 Å². The van der Waals surface area contributed by atoms with Gasteiger partial charge in [-0.3, -0.25) is 0 Å². The Morgan fingerprint density at radius 1 is 0.700 bits per heavy atom. The second kappa shape index (κ2) is 10.5. The molecule has 0 saturated carbocycles. The van der Waals surface area contributed by atoms with Gasteiger partial charge in [0, 0.05) is 0 Å². The zero-order valence-corrected chi connectivity index (χ0v) is 15.8. The van der Waals surface area contributed by atoms with Crippen LogP contribution in [0.15, 0.2) is 30.3 Å². The van der Waals surface area contributed by atoms with Gasteiger partial charge in [-0.25, -0.2) is 0 Å². The Labute approximate surface area is 129 Å². The monoisotopic (exact) mass is 337 g/mol. The van der Waals surface area contributed by atoms with Crippen LogP contribution in [0, 0.1) is 0 Å². The molecule has 0 spiro atoms. The molecule has 0 heterocycles. The Morgan fingerprint density at radius 3 is 1.55 bits per heavy atom.